The van der Waals surface area contributed by atoms with E-state index < -0.39 is 0 Å². The van der Waals surface area contributed by atoms with Crippen molar-refractivity contribution in [3.05, 3.63) is 35.6 Å². The molecule has 0 aliphatic rings. The van der Waals surface area contributed by atoms with Gasteiger partial charge in [-0.3, -0.25) is 4.79 Å². The minimum atomic E-state index is -0.263. The lowest BCUT2D eigenvalue weighted by Crippen LogP contribution is -2.27. The standard InChI is InChI=1S/C13H19FN2O/c1-10(11-5-7-12(14)8-6-11)16-13(17)4-3-9-15-2/h5-8,10,15H,3-4,9H2,1-2H3,(H,16,17)/t10-/m1/s1. The number of amides is 1. The molecule has 94 valence electrons. The highest BCUT2D eigenvalue weighted by Crippen LogP contribution is 2.12. The number of rotatable bonds is 6. The molecule has 3 nitrogen and oxygen atoms in total. The fourth-order valence-corrected chi connectivity index (χ4v) is 1.57. The second kappa shape index (κ2) is 7.01. The molecule has 0 radical (unpaired) electrons. The molecule has 1 rings (SSSR count). The Morgan fingerprint density at radius 3 is 2.59 bits per heavy atom. The van der Waals surface area contributed by atoms with Crippen molar-refractivity contribution in [2.24, 2.45) is 0 Å². The van der Waals surface area contributed by atoms with Crippen molar-refractivity contribution in [3.8, 4) is 0 Å². The zero-order valence-electron chi connectivity index (χ0n) is 10.3. The van der Waals surface area contributed by atoms with Crippen LogP contribution in [0.25, 0.3) is 0 Å². The lowest BCUT2D eigenvalue weighted by molar-refractivity contribution is -0.121. The van der Waals surface area contributed by atoms with Gasteiger partial charge in [-0.05, 0) is 44.6 Å². The summed E-state index contributed by atoms with van der Waals surface area (Å²) in [6.45, 7) is 2.72. The molecule has 2 N–H and O–H groups in total. The highest BCUT2D eigenvalue weighted by molar-refractivity contribution is 5.76. The summed E-state index contributed by atoms with van der Waals surface area (Å²) in [5.41, 5.74) is 0.911. The maximum absolute atomic E-state index is 12.7. The zero-order chi connectivity index (χ0) is 12.7. The largest absolute Gasteiger partial charge is 0.350 e. The third kappa shape index (κ3) is 4.95. The second-order valence-corrected chi connectivity index (χ2v) is 4.05. The molecule has 0 spiro atoms. The number of halogens is 1. The summed E-state index contributed by atoms with van der Waals surface area (Å²) in [4.78, 5) is 11.6. The molecule has 0 fully saturated rings. The molecule has 1 amide bonds. The summed E-state index contributed by atoms with van der Waals surface area (Å²) in [5, 5.41) is 5.88. The van der Waals surface area contributed by atoms with Gasteiger partial charge in [-0.25, -0.2) is 4.39 Å². The molecule has 0 bridgehead atoms. The summed E-state index contributed by atoms with van der Waals surface area (Å²) in [6.07, 6.45) is 1.32. The van der Waals surface area contributed by atoms with Crippen LogP contribution in [0.1, 0.15) is 31.4 Å². The van der Waals surface area contributed by atoms with Gasteiger partial charge in [0, 0.05) is 6.42 Å². The molecule has 0 aliphatic carbocycles. The quantitative estimate of drug-likeness (QED) is 0.744. The first-order valence-corrected chi connectivity index (χ1v) is 5.83. The highest BCUT2D eigenvalue weighted by Gasteiger charge is 2.08. The number of benzene rings is 1. The summed E-state index contributed by atoms with van der Waals surface area (Å²) >= 11 is 0. The monoisotopic (exact) mass is 238 g/mol. The third-order valence-corrected chi connectivity index (χ3v) is 2.58. The summed E-state index contributed by atoms with van der Waals surface area (Å²) in [5.74, 6) is -0.238. The minimum Gasteiger partial charge on any atom is -0.350 e. The number of nitrogens with one attached hydrogen (secondary N) is 2. The molecule has 0 aliphatic heterocycles. The van der Waals surface area contributed by atoms with Crippen molar-refractivity contribution in [1.82, 2.24) is 10.6 Å². The third-order valence-electron chi connectivity index (χ3n) is 2.58. The van der Waals surface area contributed by atoms with E-state index >= 15 is 0 Å². The van der Waals surface area contributed by atoms with Crippen molar-refractivity contribution >= 4 is 5.91 Å². The Bertz CT molecular complexity index is 351. The Labute approximate surface area is 101 Å². The zero-order valence-corrected chi connectivity index (χ0v) is 10.3. The molecule has 0 heterocycles. The molecule has 1 aromatic carbocycles. The van der Waals surface area contributed by atoms with Gasteiger partial charge in [0.15, 0.2) is 0 Å². The molecule has 1 atom stereocenters. The molecule has 0 aromatic heterocycles. The van der Waals surface area contributed by atoms with E-state index in [4.69, 9.17) is 0 Å². The van der Waals surface area contributed by atoms with Gasteiger partial charge >= 0.3 is 0 Å². The van der Waals surface area contributed by atoms with Crippen molar-refractivity contribution in [1.29, 1.82) is 0 Å². The van der Waals surface area contributed by atoms with E-state index in [-0.39, 0.29) is 17.8 Å². The normalized spacial score (nSPS) is 12.2. The lowest BCUT2D eigenvalue weighted by atomic mass is 10.1. The number of carbonyl (C=O) groups excluding carboxylic acids is 1. The van der Waals surface area contributed by atoms with E-state index in [9.17, 15) is 9.18 Å². The van der Waals surface area contributed by atoms with E-state index in [0.717, 1.165) is 18.5 Å². The predicted molar refractivity (Wildman–Crippen MR) is 66.1 cm³/mol. The van der Waals surface area contributed by atoms with Crippen LogP contribution in [-0.4, -0.2) is 19.5 Å². The van der Waals surface area contributed by atoms with Gasteiger partial charge in [0.1, 0.15) is 5.82 Å². The van der Waals surface area contributed by atoms with Crippen LogP contribution in [0.5, 0.6) is 0 Å². The van der Waals surface area contributed by atoms with Crippen LogP contribution in [0.2, 0.25) is 0 Å². The number of hydrogen-bond donors (Lipinski definition) is 2. The van der Waals surface area contributed by atoms with Gasteiger partial charge in [-0.15, -0.1) is 0 Å². The van der Waals surface area contributed by atoms with E-state index in [1.807, 2.05) is 14.0 Å². The van der Waals surface area contributed by atoms with E-state index in [2.05, 4.69) is 10.6 Å². The fraction of sp³-hybridized carbons (Fsp3) is 0.462. The van der Waals surface area contributed by atoms with Crippen molar-refractivity contribution < 1.29 is 9.18 Å². The van der Waals surface area contributed by atoms with Crippen LogP contribution in [0, 0.1) is 5.82 Å². The lowest BCUT2D eigenvalue weighted by Gasteiger charge is -2.14. The molecule has 0 saturated heterocycles. The summed E-state index contributed by atoms with van der Waals surface area (Å²) in [6, 6.07) is 6.09. The summed E-state index contributed by atoms with van der Waals surface area (Å²) < 4.78 is 12.7. The van der Waals surface area contributed by atoms with Crippen LogP contribution < -0.4 is 10.6 Å². The number of carbonyl (C=O) groups is 1. The van der Waals surface area contributed by atoms with Gasteiger partial charge in [0.05, 0.1) is 6.04 Å². The number of hydrogen-bond acceptors (Lipinski definition) is 2. The van der Waals surface area contributed by atoms with Gasteiger partial charge in [-0.2, -0.15) is 0 Å². The van der Waals surface area contributed by atoms with Crippen molar-refractivity contribution in [3.63, 3.8) is 0 Å². The smallest absolute Gasteiger partial charge is 0.220 e. The van der Waals surface area contributed by atoms with Crippen LogP contribution >= 0.6 is 0 Å². The minimum absolute atomic E-state index is 0.0251. The highest BCUT2D eigenvalue weighted by atomic mass is 19.1. The second-order valence-electron chi connectivity index (χ2n) is 4.05. The van der Waals surface area contributed by atoms with Crippen molar-refractivity contribution in [2.45, 2.75) is 25.8 Å². The molecule has 1 aromatic rings. The van der Waals surface area contributed by atoms with Gasteiger partial charge in [0.2, 0.25) is 5.91 Å². The fourth-order valence-electron chi connectivity index (χ4n) is 1.57. The maximum Gasteiger partial charge on any atom is 0.220 e. The first kappa shape index (κ1) is 13.6. The van der Waals surface area contributed by atoms with Gasteiger partial charge in [-0.1, -0.05) is 12.1 Å². The Kier molecular flexibility index (Phi) is 5.63. The Morgan fingerprint density at radius 1 is 1.35 bits per heavy atom. The Hall–Kier alpha value is -1.42. The molecular weight excluding hydrogens is 219 g/mol. The Morgan fingerprint density at radius 2 is 2.00 bits per heavy atom. The molecule has 17 heavy (non-hydrogen) atoms. The molecule has 0 unspecified atom stereocenters. The topological polar surface area (TPSA) is 41.1 Å². The Balaban J connectivity index is 2.40. The van der Waals surface area contributed by atoms with Gasteiger partial charge < -0.3 is 10.6 Å². The van der Waals surface area contributed by atoms with E-state index in [1.54, 1.807) is 12.1 Å². The van der Waals surface area contributed by atoms with Crippen LogP contribution in [-0.2, 0) is 4.79 Å². The van der Waals surface area contributed by atoms with E-state index in [1.165, 1.54) is 12.1 Å². The first-order valence-electron chi connectivity index (χ1n) is 5.83. The summed E-state index contributed by atoms with van der Waals surface area (Å²) in [7, 11) is 1.86. The predicted octanol–water partition coefficient (Wildman–Crippen LogP) is 2.00. The van der Waals surface area contributed by atoms with Crippen molar-refractivity contribution in [2.75, 3.05) is 13.6 Å². The van der Waals surface area contributed by atoms with Crippen LogP contribution in [0.15, 0.2) is 24.3 Å². The molecular formula is C13H19FN2O. The average molecular weight is 238 g/mol. The molecule has 4 heteroatoms. The SMILES string of the molecule is CNCCCC(=O)N[C@H](C)c1ccc(F)cc1. The van der Waals surface area contributed by atoms with Crippen LogP contribution in [0.4, 0.5) is 4.39 Å². The first-order chi connectivity index (χ1) is 8.13. The average Bonchev–Trinajstić information content (AvgIpc) is 2.30. The van der Waals surface area contributed by atoms with Gasteiger partial charge in [0.25, 0.3) is 0 Å². The molecule has 0 saturated carbocycles. The maximum atomic E-state index is 12.7. The van der Waals surface area contributed by atoms with Crippen LogP contribution in [0.3, 0.4) is 0 Å². The van der Waals surface area contributed by atoms with E-state index in [0.29, 0.717) is 6.42 Å².